The number of ketones is 1. The number of carbonyl (C=O) groups is 1. The lowest BCUT2D eigenvalue weighted by Gasteiger charge is -2.25. The van der Waals surface area contributed by atoms with Crippen molar-refractivity contribution in [3.8, 4) is 5.75 Å². The standard InChI is InChI=1S/C10H8BrFO2/c11-9-2-1-7(5-10(9)12)14-8-3-6(13)4-8/h1-2,5,8H,3-4H2. The molecule has 0 saturated heterocycles. The summed E-state index contributed by atoms with van der Waals surface area (Å²) in [6, 6.07) is 4.58. The van der Waals surface area contributed by atoms with Crippen LogP contribution in [0.5, 0.6) is 5.75 Å². The molecular formula is C10H8BrFO2. The first-order chi connectivity index (χ1) is 6.65. The monoisotopic (exact) mass is 258 g/mol. The molecule has 1 fully saturated rings. The highest BCUT2D eigenvalue weighted by molar-refractivity contribution is 9.10. The number of rotatable bonds is 2. The first kappa shape index (κ1) is 9.65. The first-order valence-electron chi connectivity index (χ1n) is 4.28. The number of Topliss-reactive ketones (excluding diaryl/α,β-unsaturated/α-hetero) is 1. The Bertz CT molecular complexity index is 370. The Morgan fingerprint density at radius 2 is 2.14 bits per heavy atom. The molecule has 1 aromatic carbocycles. The second kappa shape index (κ2) is 3.69. The minimum atomic E-state index is -0.354. The molecule has 0 atom stereocenters. The van der Waals surface area contributed by atoms with Gasteiger partial charge < -0.3 is 4.74 Å². The van der Waals surface area contributed by atoms with Gasteiger partial charge in [-0.1, -0.05) is 0 Å². The maximum Gasteiger partial charge on any atom is 0.141 e. The van der Waals surface area contributed by atoms with Gasteiger partial charge in [-0.2, -0.15) is 0 Å². The van der Waals surface area contributed by atoms with Gasteiger partial charge in [0.1, 0.15) is 23.5 Å². The quantitative estimate of drug-likeness (QED) is 0.816. The Balaban J connectivity index is 2.03. The third-order valence-corrected chi connectivity index (χ3v) is 2.75. The summed E-state index contributed by atoms with van der Waals surface area (Å²) in [5, 5.41) is 0. The van der Waals surface area contributed by atoms with Crippen LogP contribution in [0.4, 0.5) is 4.39 Å². The van der Waals surface area contributed by atoms with E-state index in [1.807, 2.05) is 0 Å². The predicted octanol–water partition coefficient (Wildman–Crippen LogP) is 2.70. The fraction of sp³-hybridized carbons (Fsp3) is 0.300. The number of halogens is 2. The van der Waals surface area contributed by atoms with Gasteiger partial charge in [-0.3, -0.25) is 4.79 Å². The van der Waals surface area contributed by atoms with Crippen LogP contribution >= 0.6 is 15.9 Å². The third kappa shape index (κ3) is 1.95. The highest BCUT2D eigenvalue weighted by atomic mass is 79.9. The molecule has 2 rings (SSSR count). The van der Waals surface area contributed by atoms with Gasteiger partial charge in [-0.15, -0.1) is 0 Å². The summed E-state index contributed by atoms with van der Waals surface area (Å²) < 4.78 is 18.8. The summed E-state index contributed by atoms with van der Waals surface area (Å²) in [4.78, 5) is 10.7. The van der Waals surface area contributed by atoms with Crippen molar-refractivity contribution in [1.29, 1.82) is 0 Å². The van der Waals surface area contributed by atoms with E-state index < -0.39 is 0 Å². The smallest absolute Gasteiger partial charge is 0.141 e. The molecule has 0 radical (unpaired) electrons. The molecule has 0 N–H and O–H groups in total. The molecule has 0 heterocycles. The van der Waals surface area contributed by atoms with Crippen molar-refractivity contribution in [1.82, 2.24) is 0 Å². The van der Waals surface area contributed by atoms with Crippen LogP contribution in [0.3, 0.4) is 0 Å². The van der Waals surface area contributed by atoms with E-state index >= 15 is 0 Å². The summed E-state index contributed by atoms with van der Waals surface area (Å²) in [5.74, 6) is 0.323. The number of hydrogen-bond donors (Lipinski definition) is 0. The van der Waals surface area contributed by atoms with E-state index in [0.29, 0.717) is 23.1 Å². The number of hydrogen-bond acceptors (Lipinski definition) is 2. The van der Waals surface area contributed by atoms with E-state index in [0.717, 1.165) is 0 Å². The van der Waals surface area contributed by atoms with Gasteiger partial charge in [0, 0.05) is 18.9 Å². The minimum absolute atomic E-state index is 0.0666. The predicted molar refractivity (Wildman–Crippen MR) is 52.8 cm³/mol. The summed E-state index contributed by atoms with van der Waals surface area (Å²) in [5.41, 5.74) is 0. The van der Waals surface area contributed by atoms with Gasteiger partial charge in [0.25, 0.3) is 0 Å². The lowest BCUT2D eigenvalue weighted by molar-refractivity contribution is -0.129. The summed E-state index contributed by atoms with van der Waals surface area (Å²) >= 11 is 3.05. The van der Waals surface area contributed by atoms with Crippen molar-refractivity contribution in [3.63, 3.8) is 0 Å². The molecular weight excluding hydrogens is 251 g/mol. The largest absolute Gasteiger partial charge is 0.489 e. The molecule has 0 aliphatic heterocycles. The van der Waals surface area contributed by atoms with Crippen LogP contribution < -0.4 is 4.74 Å². The van der Waals surface area contributed by atoms with Gasteiger partial charge in [0.15, 0.2) is 0 Å². The normalized spacial score (nSPS) is 16.6. The van der Waals surface area contributed by atoms with E-state index in [2.05, 4.69) is 15.9 Å². The van der Waals surface area contributed by atoms with Crippen molar-refractivity contribution in [3.05, 3.63) is 28.5 Å². The molecule has 2 nitrogen and oxygen atoms in total. The number of benzene rings is 1. The SMILES string of the molecule is O=C1CC(Oc2ccc(Br)c(F)c2)C1. The summed E-state index contributed by atoms with van der Waals surface area (Å²) in [6.45, 7) is 0. The van der Waals surface area contributed by atoms with Gasteiger partial charge >= 0.3 is 0 Å². The zero-order chi connectivity index (χ0) is 10.1. The molecule has 4 heteroatoms. The Kier molecular flexibility index (Phi) is 2.54. The maximum absolute atomic E-state index is 13.0. The molecule has 1 aliphatic rings. The van der Waals surface area contributed by atoms with Gasteiger partial charge in [0.2, 0.25) is 0 Å². The lowest BCUT2D eigenvalue weighted by Crippen LogP contribution is -2.33. The Hall–Kier alpha value is -0.900. The highest BCUT2D eigenvalue weighted by Gasteiger charge is 2.28. The van der Waals surface area contributed by atoms with Crippen LogP contribution in [0.15, 0.2) is 22.7 Å². The molecule has 74 valence electrons. The lowest BCUT2D eigenvalue weighted by atomic mass is 9.94. The average molecular weight is 259 g/mol. The van der Waals surface area contributed by atoms with Gasteiger partial charge in [-0.25, -0.2) is 4.39 Å². The molecule has 1 aromatic rings. The topological polar surface area (TPSA) is 26.3 Å². The van der Waals surface area contributed by atoms with E-state index in [1.54, 1.807) is 12.1 Å². The first-order valence-corrected chi connectivity index (χ1v) is 5.08. The van der Waals surface area contributed by atoms with E-state index in [-0.39, 0.29) is 17.7 Å². The fourth-order valence-corrected chi connectivity index (χ4v) is 1.52. The molecule has 0 aromatic heterocycles. The van der Waals surface area contributed by atoms with Gasteiger partial charge in [-0.05, 0) is 28.1 Å². The van der Waals surface area contributed by atoms with E-state index in [9.17, 15) is 9.18 Å². The Morgan fingerprint density at radius 1 is 1.43 bits per heavy atom. The Labute approximate surface area is 89.2 Å². The van der Waals surface area contributed by atoms with Crippen molar-refractivity contribution >= 4 is 21.7 Å². The van der Waals surface area contributed by atoms with Crippen LogP contribution in [0, 0.1) is 5.82 Å². The molecule has 14 heavy (non-hydrogen) atoms. The van der Waals surface area contributed by atoms with Crippen LogP contribution in [0.25, 0.3) is 0 Å². The van der Waals surface area contributed by atoms with Crippen molar-refractivity contribution in [2.75, 3.05) is 0 Å². The van der Waals surface area contributed by atoms with Crippen molar-refractivity contribution < 1.29 is 13.9 Å². The molecule has 0 spiro atoms. The van der Waals surface area contributed by atoms with Crippen molar-refractivity contribution in [2.24, 2.45) is 0 Å². The maximum atomic E-state index is 13.0. The molecule has 1 saturated carbocycles. The zero-order valence-electron chi connectivity index (χ0n) is 7.30. The zero-order valence-corrected chi connectivity index (χ0v) is 8.88. The van der Waals surface area contributed by atoms with Crippen LogP contribution in [0.2, 0.25) is 0 Å². The highest BCUT2D eigenvalue weighted by Crippen LogP contribution is 2.25. The van der Waals surface area contributed by atoms with Crippen LogP contribution in [0.1, 0.15) is 12.8 Å². The molecule has 0 unspecified atom stereocenters. The van der Waals surface area contributed by atoms with Crippen molar-refractivity contribution in [2.45, 2.75) is 18.9 Å². The van der Waals surface area contributed by atoms with Crippen LogP contribution in [-0.2, 0) is 4.79 Å². The fourth-order valence-electron chi connectivity index (χ4n) is 1.27. The second-order valence-electron chi connectivity index (χ2n) is 3.26. The number of ether oxygens (including phenoxy) is 1. The van der Waals surface area contributed by atoms with E-state index in [4.69, 9.17) is 4.74 Å². The molecule has 0 amide bonds. The molecule has 1 aliphatic carbocycles. The molecule has 0 bridgehead atoms. The van der Waals surface area contributed by atoms with Crippen LogP contribution in [-0.4, -0.2) is 11.9 Å². The summed E-state index contributed by atoms with van der Waals surface area (Å²) in [7, 11) is 0. The second-order valence-corrected chi connectivity index (χ2v) is 4.12. The minimum Gasteiger partial charge on any atom is -0.489 e. The third-order valence-electron chi connectivity index (χ3n) is 2.10. The Morgan fingerprint density at radius 3 is 2.71 bits per heavy atom. The van der Waals surface area contributed by atoms with Gasteiger partial charge in [0.05, 0.1) is 4.47 Å². The number of carbonyl (C=O) groups excluding carboxylic acids is 1. The average Bonchev–Trinajstić information content (AvgIpc) is 2.09. The summed E-state index contributed by atoms with van der Waals surface area (Å²) in [6.07, 6.45) is 0.818. The van der Waals surface area contributed by atoms with E-state index in [1.165, 1.54) is 6.07 Å².